The van der Waals surface area contributed by atoms with Crippen molar-refractivity contribution in [3.8, 4) is 0 Å². The molecule has 1 aliphatic heterocycles. The summed E-state index contributed by atoms with van der Waals surface area (Å²) >= 11 is 0. The van der Waals surface area contributed by atoms with Crippen LogP contribution in [0, 0.1) is 23.6 Å². The van der Waals surface area contributed by atoms with E-state index in [4.69, 9.17) is 5.73 Å². The van der Waals surface area contributed by atoms with Crippen molar-refractivity contribution < 1.29 is 4.39 Å². The van der Waals surface area contributed by atoms with Gasteiger partial charge in [-0.1, -0.05) is 12.1 Å². The van der Waals surface area contributed by atoms with Gasteiger partial charge < -0.3 is 10.6 Å². The van der Waals surface area contributed by atoms with E-state index in [0.717, 1.165) is 37.2 Å². The van der Waals surface area contributed by atoms with E-state index in [1.165, 1.54) is 6.07 Å². The summed E-state index contributed by atoms with van der Waals surface area (Å²) in [6.07, 6.45) is 0. The molecule has 3 heteroatoms. The van der Waals surface area contributed by atoms with Gasteiger partial charge in [0.1, 0.15) is 5.82 Å². The Bertz CT molecular complexity index is 368. The van der Waals surface area contributed by atoms with E-state index in [2.05, 4.69) is 4.90 Å². The highest BCUT2D eigenvalue weighted by atomic mass is 19.1. The summed E-state index contributed by atoms with van der Waals surface area (Å²) < 4.78 is 13.5. The van der Waals surface area contributed by atoms with Gasteiger partial charge in [-0.25, -0.2) is 4.39 Å². The highest BCUT2D eigenvalue weighted by Crippen LogP contribution is 2.51. The predicted molar refractivity (Wildman–Crippen MR) is 58.1 cm³/mol. The Hall–Kier alpha value is -1.09. The molecule has 0 spiro atoms. The maximum Gasteiger partial charge on any atom is 0.146 e. The lowest BCUT2D eigenvalue weighted by molar-refractivity contribution is 0.603. The van der Waals surface area contributed by atoms with Gasteiger partial charge in [-0.05, 0) is 36.4 Å². The number of hydrogen-bond donors (Lipinski definition) is 1. The van der Waals surface area contributed by atoms with Gasteiger partial charge in [0.2, 0.25) is 0 Å². The lowest BCUT2D eigenvalue weighted by atomic mass is 10.2. The molecule has 0 bridgehead atoms. The summed E-state index contributed by atoms with van der Waals surface area (Å²) in [7, 11) is 0. The molecule has 2 atom stereocenters. The van der Waals surface area contributed by atoms with Gasteiger partial charge in [0, 0.05) is 13.1 Å². The number of rotatable bonds is 2. The van der Waals surface area contributed by atoms with Gasteiger partial charge in [-0.15, -0.1) is 0 Å². The second-order valence-electron chi connectivity index (χ2n) is 4.58. The Balaban J connectivity index is 1.75. The number of para-hydroxylation sites is 1. The Morgan fingerprint density at radius 3 is 2.53 bits per heavy atom. The Morgan fingerprint density at radius 1 is 1.27 bits per heavy atom. The van der Waals surface area contributed by atoms with Gasteiger partial charge in [0.15, 0.2) is 0 Å². The van der Waals surface area contributed by atoms with Crippen LogP contribution in [0.1, 0.15) is 0 Å². The van der Waals surface area contributed by atoms with Gasteiger partial charge in [-0.3, -0.25) is 0 Å². The van der Waals surface area contributed by atoms with E-state index in [1.807, 2.05) is 12.1 Å². The summed E-state index contributed by atoms with van der Waals surface area (Å²) in [6, 6.07) is 7.01. The Labute approximate surface area is 88.9 Å². The first kappa shape index (κ1) is 9.16. The van der Waals surface area contributed by atoms with Crippen molar-refractivity contribution >= 4 is 5.69 Å². The third kappa shape index (κ3) is 1.34. The van der Waals surface area contributed by atoms with Crippen molar-refractivity contribution in [1.82, 2.24) is 0 Å². The minimum Gasteiger partial charge on any atom is -0.369 e. The largest absolute Gasteiger partial charge is 0.369 e. The number of halogens is 1. The first-order valence-corrected chi connectivity index (χ1v) is 5.51. The summed E-state index contributed by atoms with van der Waals surface area (Å²) in [5.74, 6) is 2.03. The molecule has 1 aromatic carbocycles. The Morgan fingerprint density at radius 2 is 1.93 bits per heavy atom. The average molecular weight is 206 g/mol. The molecular formula is C12H15FN2. The standard InChI is InChI=1S/C12H15FN2/c13-11-3-1-2-4-12(11)15-6-9-8(5-14)10(9)7-15/h1-4,8-10H,5-7,14H2. The van der Waals surface area contributed by atoms with E-state index in [0.29, 0.717) is 5.92 Å². The number of nitrogens with two attached hydrogens (primary N) is 1. The van der Waals surface area contributed by atoms with Gasteiger partial charge in [-0.2, -0.15) is 0 Å². The smallest absolute Gasteiger partial charge is 0.146 e. The van der Waals surface area contributed by atoms with Crippen LogP contribution in [0.2, 0.25) is 0 Å². The fraction of sp³-hybridized carbons (Fsp3) is 0.500. The number of hydrogen-bond acceptors (Lipinski definition) is 2. The number of anilines is 1. The lowest BCUT2D eigenvalue weighted by Gasteiger charge is -2.22. The lowest BCUT2D eigenvalue weighted by Crippen LogP contribution is -2.26. The summed E-state index contributed by atoms with van der Waals surface area (Å²) in [5.41, 5.74) is 6.40. The zero-order valence-corrected chi connectivity index (χ0v) is 8.57. The molecule has 2 aliphatic rings. The molecule has 15 heavy (non-hydrogen) atoms. The molecular weight excluding hydrogens is 191 g/mol. The zero-order valence-electron chi connectivity index (χ0n) is 8.57. The Kier molecular flexibility index (Phi) is 1.96. The first-order chi connectivity index (χ1) is 7.31. The molecule has 0 radical (unpaired) electrons. The van der Waals surface area contributed by atoms with Crippen molar-refractivity contribution in [2.24, 2.45) is 23.5 Å². The molecule has 0 amide bonds. The molecule has 3 rings (SSSR count). The monoisotopic (exact) mass is 206 g/mol. The molecule has 80 valence electrons. The molecule has 2 N–H and O–H groups in total. The molecule has 1 aromatic rings. The topological polar surface area (TPSA) is 29.3 Å². The molecule has 2 unspecified atom stereocenters. The minimum atomic E-state index is -0.108. The SMILES string of the molecule is NCC1C2CN(c3ccccc3F)CC12. The van der Waals surface area contributed by atoms with E-state index in [1.54, 1.807) is 6.07 Å². The van der Waals surface area contributed by atoms with Crippen LogP contribution in [0.25, 0.3) is 0 Å². The molecule has 0 aromatic heterocycles. The maximum atomic E-state index is 13.5. The molecule has 2 fully saturated rings. The molecule has 1 heterocycles. The van der Waals surface area contributed by atoms with Crippen LogP contribution in [0.5, 0.6) is 0 Å². The summed E-state index contributed by atoms with van der Waals surface area (Å²) in [4.78, 5) is 2.15. The molecule has 2 nitrogen and oxygen atoms in total. The number of nitrogens with zero attached hydrogens (tertiary/aromatic N) is 1. The van der Waals surface area contributed by atoms with Crippen molar-refractivity contribution in [2.45, 2.75) is 0 Å². The van der Waals surface area contributed by atoms with E-state index < -0.39 is 0 Å². The fourth-order valence-electron chi connectivity index (χ4n) is 2.90. The van der Waals surface area contributed by atoms with Crippen LogP contribution in [-0.4, -0.2) is 19.6 Å². The van der Waals surface area contributed by atoms with Crippen LogP contribution < -0.4 is 10.6 Å². The third-order valence-corrected chi connectivity index (χ3v) is 3.84. The van der Waals surface area contributed by atoms with E-state index in [9.17, 15) is 4.39 Å². The zero-order chi connectivity index (χ0) is 10.4. The van der Waals surface area contributed by atoms with Crippen molar-refractivity contribution in [3.63, 3.8) is 0 Å². The van der Waals surface area contributed by atoms with Crippen molar-refractivity contribution in [3.05, 3.63) is 30.1 Å². The normalized spacial score (nSPS) is 32.9. The van der Waals surface area contributed by atoms with Gasteiger partial charge >= 0.3 is 0 Å². The highest BCUT2D eigenvalue weighted by Gasteiger charge is 2.54. The second kappa shape index (κ2) is 3.20. The fourth-order valence-corrected chi connectivity index (χ4v) is 2.90. The summed E-state index contributed by atoms with van der Waals surface area (Å²) in [6.45, 7) is 2.75. The third-order valence-electron chi connectivity index (χ3n) is 3.84. The predicted octanol–water partition coefficient (Wildman–Crippen LogP) is 1.47. The van der Waals surface area contributed by atoms with Crippen molar-refractivity contribution in [2.75, 3.05) is 24.5 Å². The quantitative estimate of drug-likeness (QED) is 0.794. The van der Waals surface area contributed by atoms with Crippen LogP contribution in [0.3, 0.4) is 0 Å². The van der Waals surface area contributed by atoms with Gasteiger partial charge in [0.25, 0.3) is 0 Å². The second-order valence-corrected chi connectivity index (χ2v) is 4.58. The highest BCUT2D eigenvalue weighted by molar-refractivity contribution is 5.50. The average Bonchev–Trinajstić information content (AvgIpc) is 2.72. The summed E-state index contributed by atoms with van der Waals surface area (Å²) in [5, 5.41) is 0. The van der Waals surface area contributed by atoms with E-state index >= 15 is 0 Å². The maximum absolute atomic E-state index is 13.5. The molecule has 1 aliphatic carbocycles. The minimum absolute atomic E-state index is 0.108. The molecule has 1 saturated carbocycles. The van der Waals surface area contributed by atoms with Crippen LogP contribution in [-0.2, 0) is 0 Å². The van der Waals surface area contributed by atoms with E-state index in [-0.39, 0.29) is 5.82 Å². The number of benzene rings is 1. The van der Waals surface area contributed by atoms with Crippen LogP contribution >= 0.6 is 0 Å². The number of piperidine rings is 1. The van der Waals surface area contributed by atoms with Crippen molar-refractivity contribution in [1.29, 1.82) is 0 Å². The first-order valence-electron chi connectivity index (χ1n) is 5.51. The molecule has 1 saturated heterocycles. The number of fused-ring (bicyclic) bond motifs is 1. The van der Waals surface area contributed by atoms with Gasteiger partial charge in [0.05, 0.1) is 5.69 Å². The van der Waals surface area contributed by atoms with Crippen LogP contribution in [0.4, 0.5) is 10.1 Å². The van der Waals surface area contributed by atoms with Crippen LogP contribution in [0.15, 0.2) is 24.3 Å².